The second kappa shape index (κ2) is 8.58. The summed E-state index contributed by atoms with van der Waals surface area (Å²) < 4.78 is 11.0. The van der Waals surface area contributed by atoms with Crippen molar-refractivity contribution in [2.24, 2.45) is 4.99 Å². The number of ether oxygens (including phenoxy) is 2. The van der Waals surface area contributed by atoms with Gasteiger partial charge >= 0.3 is 0 Å². The van der Waals surface area contributed by atoms with Gasteiger partial charge in [0.25, 0.3) is 0 Å². The van der Waals surface area contributed by atoms with Crippen LogP contribution in [0, 0.1) is 6.92 Å². The minimum Gasteiger partial charge on any atom is -0.497 e. The van der Waals surface area contributed by atoms with Crippen LogP contribution in [0.5, 0.6) is 11.5 Å². The Morgan fingerprint density at radius 1 is 0.833 bits per heavy atom. The molecular formula is C24H22Cl2N2O2. The lowest BCUT2D eigenvalue weighted by molar-refractivity contribution is 0.392. The third kappa shape index (κ3) is 3.98. The Hall–Kier alpha value is -2.69. The second-order valence-corrected chi connectivity index (χ2v) is 8.02. The zero-order valence-corrected chi connectivity index (χ0v) is 18.5. The minimum atomic E-state index is -0.116. The monoisotopic (exact) mass is 440 g/mol. The van der Waals surface area contributed by atoms with Crippen LogP contribution in [-0.4, -0.2) is 20.1 Å². The largest absolute Gasteiger partial charge is 0.497 e. The van der Waals surface area contributed by atoms with E-state index >= 15 is 0 Å². The first-order valence-electron chi connectivity index (χ1n) is 9.58. The van der Waals surface area contributed by atoms with Crippen LogP contribution in [0.4, 0.5) is 0 Å². The first-order chi connectivity index (χ1) is 14.5. The molecule has 1 aliphatic rings. The van der Waals surface area contributed by atoms with E-state index in [0.717, 1.165) is 39.6 Å². The molecule has 1 heterocycles. The van der Waals surface area contributed by atoms with E-state index in [4.69, 9.17) is 37.7 Å². The molecule has 2 unspecified atom stereocenters. The van der Waals surface area contributed by atoms with Crippen molar-refractivity contribution in [3.8, 4) is 11.5 Å². The molecule has 0 aliphatic carbocycles. The van der Waals surface area contributed by atoms with Crippen molar-refractivity contribution in [3.05, 3.63) is 93.0 Å². The van der Waals surface area contributed by atoms with Gasteiger partial charge in [-0.15, -0.1) is 0 Å². The molecule has 30 heavy (non-hydrogen) atoms. The van der Waals surface area contributed by atoms with E-state index in [1.54, 1.807) is 14.2 Å². The Kier molecular flexibility index (Phi) is 5.89. The predicted molar refractivity (Wildman–Crippen MR) is 122 cm³/mol. The number of nitrogens with one attached hydrogen (secondary N) is 1. The molecule has 0 radical (unpaired) electrons. The van der Waals surface area contributed by atoms with Crippen molar-refractivity contribution in [1.29, 1.82) is 0 Å². The first-order valence-corrected chi connectivity index (χ1v) is 10.3. The van der Waals surface area contributed by atoms with Crippen LogP contribution in [-0.2, 0) is 0 Å². The van der Waals surface area contributed by atoms with Crippen LogP contribution >= 0.6 is 23.2 Å². The zero-order valence-electron chi connectivity index (χ0n) is 16.9. The van der Waals surface area contributed by atoms with Gasteiger partial charge in [0.05, 0.1) is 20.3 Å². The van der Waals surface area contributed by atoms with Crippen molar-refractivity contribution >= 4 is 29.0 Å². The highest BCUT2D eigenvalue weighted by molar-refractivity contribution is 6.30. The summed E-state index contributed by atoms with van der Waals surface area (Å²) in [5.41, 5.74) is 4.12. The Morgan fingerprint density at radius 2 is 1.43 bits per heavy atom. The van der Waals surface area contributed by atoms with Gasteiger partial charge in [-0.3, -0.25) is 4.99 Å². The number of methoxy groups -OCH3 is 2. The van der Waals surface area contributed by atoms with Crippen LogP contribution in [0.25, 0.3) is 0 Å². The van der Waals surface area contributed by atoms with Gasteiger partial charge in [-0.05, 0) is 48.4 Å². The van der Waals surface area contributed by atoms with Crippen LogP contribution < -0.4 is 14.8 Å². The van der Waals surface area contributed by atoms with E-state index in [1.165, 1.54) is 0 Å². The summed E-state index contributed by atoms with van der Waals surface area (Å²) in [6, 6.07) is 19.4. The number of hydrogen-bond donors (Lipinski definition) is 1. The Labute approximate surface area is 186 Å². The van der Waals surface area contributed by atoms with E-state index in [9.17, 15) is 0 Å². The van der Waals surface area contributed by atoms with Crippen molar-refractivity contribution in [3.63, 3.8) is 0 Å². The molecule has 154 valence electrons. The molecule has 0 bridgehead atoms. The molecule has 0 fully saturated rings. The summed E-state index contributed by atoms with van der Waals surface area (Å²) in [5.74, 6) is 2.27. The van der Waals surface area contributed by atoms with E-state index in [1.807, 2.05) is 67.6 Å². The molecule has 4 nitrogen and oxygen atoms in total. The van der Waals surface area contributed by atoms with Gasteiger partial charge in [-0.2, -0.15) is 0 Å². The maximum absolute atomic E-state index is 6.11. The quantitative estimate of drug-likeness (QED) is 0.516. The highest BCUT2D eigenvalue weighted by Gasteiger charge is 2.32. The van der Waals surface area contributed by atoms with E-state index in [2.05, 4.69) is 5.32 Å². The number of aliphatic imine (C=N–C) groups is 1. The highest BCUT2D eigenvalue weighted by atomic mass is 35.5. The molecular weight excluding hydrogens is 419 g/mol. The Morgan fingerprint density at radius 3 is 2.00 bits per heavy atom. The van der Waals surface area contributed by atoms with Gasteiger partial charge in [-0.1, -0.05) is 47.5 Å². The Bertz CT molecular complexity index is 1080. The first kappa shape index (κ1) is 20.6. The molecule has 0 saturated heterocycles. The molecule has 0 aromatic heterocycles. The summed E-state index contributed by atoms with van der Waals surface area (Å²) in [6.07, 6.45) is 0. The summed E-state index contributed by atoms with van der Waals surface area (Å²) in [5, 5.41) is 5.01. The van der Waals surface area contributed by atoms with Gasteiger partial charge in [0.15, 0.2) is 0 Å². The van der Waals surface area contributed by atoms with Crippen LogP contribution in [0.1, 0.15) is 34.3 Å². The number of rotatable bonds is 5. The third-order valence-corrected chi connectivity index (χ3v) is 5.87. The third-order valence-electron chi connectivity index (χ3n) is 5.36. The molecule has 3 aromatic carbocycles. The van der Waals surface area contributed by atoms with Crippen LogP contribution in [0.15, 0.2) is 65.7 Å². The fourth-order valence-corrected chi connectivity index (χ4v) is 3.98. The maximum Gasteiger partial charge on any atom is 0.130 e. The minimum absolute atomic E-state index is 0.0463. The highest BCUT2D eigenvalue weighted by Crippen LogP contribution is 2.39. The van der Waals surface area contributed by atoms with Gasteiger partial charge in [0, 0.05) is 27.2 Å². The fraction of sp³-hybridized carbons (Fsp3) is 0.208. The van der Waals surface area contributed by atoms with Crippen molar-refractivity contribution in [1.82, 2.24) is 5.32 Å². The normalized spacial score (nSPS) is 18.0. The number of amidine groups is 1. The summed E-state index contributed by atoms with van der Waals surface area (Å²) in [6.45, 7) is 2.02. The van der Waals surface area contributed by atoms with Crippen molar-refractivity contribution < 1.29 is 9.47 Å². The Balaban J connectivity index is 1.81. The van der Waals surface area contributed by atoms with Crippen LogP contribution in [0.3, 0.4) is 0 Å². The summed E-state index contributed by atoms with van der Waals surface area (Å²) in [7, 11) is 3.30. The molecule has 4 rings (SSSR count). The second-order valence-electron chi connectivity index (χ2n) is 7.15. The van der Waals surface area contributed by atoms with Crippen molar-refractivity contribution in [2.75, 3.05) is 14.2 Å². The number of halogens is 2. The lowest BCUT2D eigenvalue weighted by Crippen LogP contribution is -2.25. The molecule has 0 spiro atoms. The average molecular weight is 441 g/mol. The molecule has 1 aliphatic heterocycles. The number of nitrogens with zero attached hydrogens (tertiary/aromatic N) is 1. The predicted octanol–water partition coefficient (Wildman–Crippen LogP) is 6.15. The van der Waals surface area contributed by atoms with E-state index in [0.29, 0.717) is 10.0 Å². The standard InChI is InChI=1S/C24H22Cl2N2O2/c1-14-20(12-19(29-2)13-21(14)30-3)24-27-22(15-4-8-17(25)9-5-15)23(28-24)16-6-10-18(26)11-7-16/h4-13,22-23H,1-3H3,(H,27,28). The van der Waals surface area contributed by atoms with E-state index < -0.39 is 0 Å². The lowest BCUT2D eigenvalue weighted by atomic mass is 9.95. The smallest absolute Gasteiger partial charge is 0.130 e. The molecule has 2 atom stereocenters. The molecule has 0 amide bonds. The van der Waals surface area contributed by atoms with Gasteiger partial charge < -0.3 is 14.8 Å². The van der Waals surface area contributed by atoms with Crippen LogP contribution in [0.2, 0.25) is 10.0 Å². The fourth-order valence-electron chi connectivity index (χ4n) is 3.73. The molecule has 1 N–H and O–H groups in total. The van der Waals surface area contributed by atoms with Gasteiger partial charge in [0.1, 0.15) is 23.4 Å². The average Bonchev–Trinajstić information content (AvgIpc) is 3.20. The number of benzene rings is 3. The van der Waals surface area contributed by atoms with Gasteiger partial charge in [0.2, 0.25) is 0 Å². The zero-order chi connectivity index (χ0) is 21.3. The van der Waals surface area contributed by atoms with Gasteiger partial charge in [-0.25, -0.2) is 0 Å². The lowest BCUT2D eigenvalue weighted by Gasteiger charge is -2.20. The number of hydrogen-bond acceptors (Lipinski definition) is 4. The molecule has 6 heteroatoms. The topological polar surface area (TPSA) is 42.9 Å². The van der Waals surface area contributed by atoms with E-state index in [-0.39, 0.29) is 12.1 Å². The SMILES string of the molecule is COc1cc(OC)c(C)c(C2=NC(c3ccc(Cl)cc3)C(c3ccc(Cl)cc3)N2)c1. The summed E-state index contributed by atoms with van der Waals surface area (Å²) in [4.78, 5) is 5.07. The van der Waals surface area contributed by atoms with Crippen molar-refractivity contribution in [2.45, 2.75) is 19.0 Å². The molecule has 3 aromatic rings. The maximum atomic E-state index is 6.11. The molecule has 0 saturated carbocycles. The summed E-state index contributed by atoms with van der Waals surface area (Å²) >= 11 is 12.2.